The van der Waals surface area contributed by atoms with Gasteiger partial charge in [-0.3, -0.25) is 14.2 Å². The molecule has 4 aromatic rings. The number of carbonyl (C=O) groups excluding carboxylic acids is 2. The van der Waals surface area contributed by atoms with E-state index in [-0.39, 0.29) is 49.6 Å². The molecule has 0 aliphatic rings. The van der Waals surface area contributed by atoms with Crippen LogP contribution in [0.2, 0.25) is 15.1 Å². The molecule has 7 nitrogen and oxygen atoms in total. The monoisotopic (exact) mass is 631 g/mol. The lowest BCUT2D eigenvalue weighted by Crippen LogP contribution is -2.25. The standard InChI is InChI=1S/C25H16Cl3F4N5O2S/c26-16-8-6-14(10-18(16)28)37-21(11-33-23(39)15-3-1-2-4-19(15)29)35-36-24(37)40-12-22(38)34-20-9-13(25(30,31)32)5-7-17(20)27/h1-10H,11-12H2,(H,33,39)(H,34,38). The number of hydrogen-bond donors (Lipinski definition) is 2. The highest BCUT2D eigenvalue weighted by atomic mass is 35.5. The molecule has 0 bridgehead atoms. The molecule has 0 fully saturated rings. The highest BCUT2D eigenvalue weighted by Crippen LogP contribution is 2.34. The molecule has 0 radical (unpaired) electrons. The summed E-state index contributed by atoms with van der Waals surface area (Å²) in [6, 6.07) is 12.7. The molecule has 4 rings (SSSR count). The Morgan fingerprint density at radius 3 is 2.35 bits per heavy atom. The van der Waals surface area contributed by atoms with Crippen molar-refractivity contribution in [2.45, 2.75) is 17.9 Å². The summed E-state index contributed by atoms with van der Waals surface area (Å²) >= 11 is 19.1. The summed E-state index contributed by atoms with van der Waals surface area (Å²) in [4.78, 5) is 25.1. The summed E-state index contributed by atoms with van der Waals surface area (Å²) in [7, 11) is 0. The van der Waals surface area contributed by atoms with Crippen molar-refractivity contribution >= 4 is 64.1 Å². The van der Waals surface area contributed by atoms with Crippen molar-refractivity contribution < 1.29 is 27.2 Å². The Morgan fingerprint density at radius 1 is 0.925 bits per heavy atom. The van der Waals surface area contributed by atoms with Gasteiger partial charge in [-0.1, -0.05) is 58.7 Å². The van der Waals surface area contributed by atoms with E-state index in [1.807, 2.05) is 0 Å². The first-order chi connectivity index (χ1) is 18.9. The fraction of sp³-hybridized carbons (Fsp3) is 0.120. The lowest BCUT2D eigenvalue weighted by Gasteiger charge is -2.13. The number of benzene rings is 3. The average molecular weight is 633 g/mol. The van der Waals surface area contributed by atoms with Gasteiger partial charge < -0.3 is 10.6 Å². The molecular formula is C25H16Cl3F4N5O2S. The van der Waals surface area contributed by atoms with Gasteiger partial charge in [-0.05, 0) is 48.5 Å². The molecule has 0 atom stereocenters. The van der Waals surface area contributed by atoms with Crippen LogP contribution in [0.3, 0.4) is 0 Å². The lowest BCUT2D eigenvalue weighted by molar-refractivity contribution is -0.137. The quantitative estimate of drug-likeness (QED) is 0.161. The molecule has 0 unspecified atom stereocenters. The molecule has 3 aromatic carbocycles. The first kappa shape index (κ1) is 29.7. The van der Waals surface area contributed by atoms with Crippen molar-refractivity contribution in [2.24, 2.45) is 0 Å². The summed E-state index contributed by atoms with van der Waals surface area (Å²) < 4.78 is 54.7. The van der Waals surface area contributed by atoms with E-state index < -0.39 is 29.4 Å². The smallest absolute Gasteiger partial charge is 0.345 e. The number of anilines is 1. The van der Waals surface area contributed by atoms with Gasteiger partial charge in [0.1, 0.15) is 5.82 Å². The van der Waals surface area contributed by atoms with Crippen molar-refractivity contribution in [3.8, 4) is 5.69 Å². The van der Waals surface area contributed by atoms with Gasteiger partial charge in [0.05, 0.1) is 49.9 Å². The zero-order chi connectivity index (χ0) is 29.0. The van der Waals surface area contributed by atoms with Crippen LogP contribution < -0.4 is 10.6 Å². The number of hydrogen-bond acceptors (Lipinski definition) is 5. The Morgan fingerprint density at radius 2 is 1.65 bits per heavy atom. The van der Waals surface area contributed by atoms with Crippen LogP contribution in [0.1, 0.15) is 21.7 Å². The van der Waals surface area contributed by atoms with Crippen LogP contribution in [-0.2, 0) is 17.5 Å². The molecule has 2 amide bonds. The SMILES string of the molecule is O=C(CSc1nnc(CNC(=O)c2ccccc2F)n1-c1ccc(Cl)c(Cl)c1)Nc1cc(C(F)(F)F)ccc1Cl. The first-order valence-electron chi connectivity index (χ1n) is 11.2. The number of alkyl halides is 3. The predicted octanol–water partition coefficient (Wildman–Crippen LogP) is 7.05. The second-order valence-corrected chi connectivity index (χ2v) is 10.2. The number of carbonyl (C=O) groups is 2. The van der Waals surface area contributed by atoms with Gasteiger partial charge in [-0.15, -0.1) is 10.2 Å². The largest absolute Gasteiger partial charge is 0.416 e. The summed E-state index contributed by atoms with van der Waals surface area (Å²) in [6.45, 7) is -0.174. The summed E-state index contributed by atoms with van der Waals surface area (Å²) in [6.07, 6.45) is -4.62. The molecule has 2 N–H and O–H groups in total. The van der Waals surface area contributed by atoms with E-state index in [4.69, 9.17) is 34.8 Å². The first-order valence-corrected chi connectivity index (χ1v) is 13.3. The molecule has 1 heterocycles. The summed E-state index contributed by atoms with van der Waals surface area (Å²) in [5, 5.41) is 13.7. The third-order valence-corrected chi connectivity index (χ3v) is 7.29. The molecule has 1 aromatic heterocycles. The van der Waals surface area contributed by atoms with Crippen LogP contribution in [0.15, 0.2) is 65.8 Å². The Kier molecular flexibility index (Phi) is 9.24. The zero-order valence-corrected chi connectivity index (χ0v) is 23.0. The zero-order valence-electron chi connectivity index (χ0n) is 19.9. The highest BCUT2D eigenvalue weighted by molar-refractivity contribution is 7.99. The van der Waals surface area contributed by atoms with Gasteiger partial charge in [-0.25, -0.2) is 4.39 Å². The average Bonchev–Trinajstić information content (AvgIpc) is 3.31. The van der Waals surface area contributed by atoms with E-state index >= 15 is 0 Å². The topological polar surface area (TPSA) is 88.9 Å². The Balaban J connectivity index is 1.54. The van der Waals surface area contributed by atoms with Crippen molar-refractivity contribution in [1.29, 1.82) is 0 Å². The van der Waals surface area contributed by atoms with Gasteiger partial charge >= 0.3 is 6.18 Å². The molecule has 15 heteroatoms. The fourth-order valence-corrected chi connectivity index (χ4v) is 4.63. The maximum absolute atomic E-state index is 14.0. The third-order valence-electron chi connectivity index (χ3n) is 5.29. The number of nitrogens with one attached hydrogen (secondary N) is 2. The second kappa shape index (κ2) is 12.5. The Labute approximate surface area is 243 Å². The van der Waals surface area contributed by atoms with Crippen LogP contribution in [0.4, 0.5) is 23.2 Å². The van der Waals surface area contributed by atoms with Crippen LogP contribution in [0.5, 0.6) is 0 Å². The maximum atomic E-state index is 14.0. The summed E-state index contributed by atoms with van der Waals surface area (Å²) in [5.74, 6) is -2.12. The molecule has 0 saturated heterocycles. The molecule has 40 heavy (non-hydrogen) atoms. The van der Waals surface area contributed by atoms with Crippen LogP contribution in [0.25, 0.3) is 5.69 Å². The van der Waals surface area contributed by atoms with Crippen LogP contribution in [0, 0.1) is 5.82 Å². The van der Waals surface area contributed by atoms with E-state index in [0.29, 0.717) is 5.69 Å². The molecule has 0 aliphatic heterocycles. The number of rotatable bonds is 8. The number of amides is 2. The number of nitrogens with zero attached hydrogens (tertiary/aromatic N) is 3. The normalized spacial score (nSPS) is 11.4. The summed E-state index contributed by atoms with van der Waals surface area (Å²) in [5.41, 5.74) is -0.896. The van der Waals surface area contributed by atoms with E-state index in [2.05, 4.69) is 20.8 Å². The number of thioether (sulfide) groups is 1. The maximum Gasteiger partial charge on any atom is 0.416 e. The highest BCUT2D eigenvalue weighted by Gasteiger charge is 2.31. The van der Waals surface area contributed by atoms with Crippen molar-refractivity contribution in [3.63, 3.8) is 0 Å². The predicted molar refractivity (Wildman–Crippen MR) is 145 cm³/mol. The van der Waals surface area contributed by atoms with E-state index in [0.717, 1.165) is 36.0 Å². The molecular weight excluding hydrogens is 617 g/mol. The number of halogens is 7. The van der Waals surface area contributed by atoms with Gasteiger partial charge in [0.15, 0.2) is 11.0 Å². The minimum Gasteiger partial charge on any atom is -0.345 e. The van der Waals surface area contributed by atoms with Crippen molar-refractivity contribution in [3.05, 3.63) is 98.5 Å². The van der Waals surface area contributed by atoms with Crippen molar-refractivity contribution in [1.82, 2.24) is 20.1 Å². The minimum atomic E-state index is -4.62. The van der Waals surface area contributed by atoms with E-state index in [1.165, 1.54) is 34.9 Å². The fourth-order valence-electron chi connectivity index (χ4n) is 3.41. The van der Waals surface area contributed by atoms with Gasteiger partial charge in [0.25, 0.3) is 5.91 Å². The van der Waals surface area contributed by atoms with Crippen molar-refractivity contribution in [2.75, 3.05) is 11.1 Å². The van der Waals surface area contributed by atoms with Gasteiger partial charge in [-0.2, -0.15) is 13.2 Å². The molecule has 0 aliphatic carbocycles. The third kappa shape index (κ3) is 7.05. The van der Waals surface area contributed by atoms with E-state index in [1.54, 1.807) is 6.07 Å². The minimum absolute atomic E-state index is 0.0711. The lowest BCUT2D eigenvalue weighted by atomic mass is 10.2. The van der Waals surface area contributed by atoms with Crippen LogP contribution >= 0.6 is 46.6 Å². The van der Waals surface area contributed by atoms with Gasteiger partial charge in [0.2, 0.25) is 5.91 Å². The van der Waals surface area contributed by atoms with Gasteiger partial charge in [0, 0.05) is 0 Å². The number of aromatic nitrogens is 3. The molecule has 0 saturated carbocycles. The molecule has 208 valence electrons. The second-order valence-electron chi connectivity index (χ2n) is 8.02. The Bertz CT molecular complexity index is 1580. The Hall–Kier alpha value is -3.32. The van der Waals surface area contributed by atoms with E-state index in [9.17, 15) is 27.2 Å². The van der Waals surface area contributed by atoms with Crippen LogP contribution in [-0.4, -0.2) is 32.3 Å². The molecule has 0 spiro atoms.